The van der Waals surface area contributed by atoms with Gasteiger partial charge in [-0.2, -0.15) is 0 Å². The lowest BCUT2D eigenvalue weighted by Gasteiger charge is -2.44. The van der Waals surface area contributed by atoms with Crippen molar-refractivity contribution in [1.29, 1.82) is 0 Å². The Morgan fingerprint density at radius 3 is 3.05 bits per heavy atom. The van der Waals surface area contributed by atoms with Crippen LogP contribution >= 0.6 is 0 Å². The summed E-state index contributed by atoms with van der Waals surface area (Å²) in [5.41, 5.74) is 0.557. The maximum absolute atomic E-state index is 12.3. The minimum atomic E-state index is -0.132. The number of para-hydroxylation sites is 1. The molecule has 0 spiro atoms. The fourth-order valence-corrected chi connectivity index (χ4v) is 3.80. The van der Waals surface area contributed by atoms with Gasteiger partial charge in [0.2, 0.25) is 5.91 Å². The van der Waals surface area contributed by atoms with Crippen LogP contribution in [0.15, 0.2) is 29.1 Å². The van der Waals surface area contributed by atoms with Gasteiger partial charge in [0, 0.05) is 25.4 Å². The third kappa shape index (κ3) is 2.21. The highest BCUT2D eigenvalue weighted by molar-refractivity contribution is 5.78. The first-order valence-corrected chi connectivity index (χ1v) is 8.00. The Bertz CT molecular complexity index is 783. The molecule has 5 heteroatoms. The van der Waals surface area contributed by atoms with Gasteiger partial charge in [0.25, 0.3) is 5.56 Å². The molecule has 1 saturated heterocycles. The third-order valence-electron chi connectivity index (χ3n) is 5.01. The van der Waals surface area contributed by atoms with Crippen molar-refractivity contribution in [2.75, 3.05) is 6.54 Å². The highest BCUT2D eigenvalue weighted by atomic mass is 16.2. The molecule has 1 saturated carbocycles. The lowest BCUT2D eigenvalue weighted by Crippen LogP contribution is -2.56. The smallest absolute Gasteiger partial charge is 0.258 e. The van der Waals surface area contributed by atoms with Gasteiger partial charge in [-0.05, 0) is 30.9 Å². The van der Waals surface area contributed by atoms with E-state index in [2.05, 4.69) is 9.97 Å². The zero-order valence-corrected chi connectivity index (χ0v) is 12.4. The number of amides is 1. The second-order valence-corrected chi connectivity index (χ2v) is 6.33. The molecule has 22 heavy (non-hydrogen) atoms. The zero-order chi connectivity index (χ0) is 15.1. The predicted molar refractivity (Wildman–Crippen MR) is 83.5 cm³/mol. The molecule has 114 valence electrons. The minimum Gasteiger partial charge on any atom is -0.339 e. The average molecular weight is 297 g/mol. The second kappa shape index (κ2) is 5.23. The molecule has 1 N–H and O–H groups in total. The van der Waals surface area contributed by atoms with Gasteiger partial charge in [0.1, 0.15) is 5.82 Å². The number of rotatable bonds is 3. The van der Waals surface area contributed by atoms with Crippen LogP contribution in [0.2, 0.25) is 0 Å². The van der Waals surface area contributed by atoms with Gasteiger partial charge in [-0.15, -0.1) is 0 Å². The quantitative estimate of drug-likeness (QED) is 0.940. The summed E-state index contributed by atoms with van der Waals surface area (Å²) in [6, 6.07) is 7.76. The SMILES string of the molecule is O=C(CCc1nc2ccccc2c(=O)[nH]1)N1CC2CCCC21. The number of aromatic amines is 1. The maximum Gasteiger partial charge on any atom is 0.258 e. The number of aromatic nitrogens is 2. The van der Waals surface area contributed by atoms with Crippen LogP contribution in [0.4, 0.5) is 0 Å². The molecule has 0 radical (unpaired) electrons. The summed E-state index contributed by atoms with van der Waals surface area (Å²) in [5, 5.41) is 0.592. The molecule has 2 atom stereocenters. The van der Waals surface area contributed by atoms with Crippen molar-refractivity contribution in [2.45, 2.75) is 38.1 Å². The number of nitrogens with one attached hydrogen (secondary N) is 1. The predicted octanol–water partition coefficient (Wildman–Crippen LogP) is 1.87. The van der Waals surface area contributed by atoms with Crippen LogP contribution in [-0.4, -0.2) is 33.4 Å². The van der Waals surface area contributed by atoms with Crippen LogP contribution in [0.5, 0.6) is 0 Å². The van der Waals surface area contributed by atoms with Crippen molar-refractivity contribution in [3.63, 3.8) is 0 Å². The molecule has 2 fully saturated rings. The van der Waals surface area contributed by atoms with Gasteiger partial charge in [0.15, 0.2) is 0 Å². The van der Waals surface area contributed by atoms with E-state index in [0.29, 0.717) is 35.6 Å². The van der Waals surface area contributed by atoms with Gasteiger partial charge < -0.3 is 9.88 Å². The van der Waals surface area contributed by atoms with Crippen LogP contribution in [0.3, 0.4) is 0 Å². The van der Waals surface area contributed by atoms with Crippen molar-refractivity contribution in [3.05, 3.63) is 40.4 Å². The number of hydrogen-bond acceptors (Lipinski definition) is 3. The van der Waals surface area contributed by atoms with Gasteiger partial charge in [-0.25, -0.2) is 4.98 Å². The first kappa shape index (κ1) is 13.5. The lowest BCUT2D eigenvalue weighted by atomic mass is 9.91. The number of benzene rings is 1. The molecular weight excluding hydrogens is 278 g/mol. The second-order valence-electron chi connectivity index (χ2n) is 6.33. The average Bonchev–Trinajstić information content (AvgIpc) is 2.86. The zero-order valence-electron chi connectivity index (χ0n) is 12.4. The molecule has 1 aliphatic carbocycles. The Morgan fingerprint density at radius 2 is 2.18 bits per heavy atom. The summed E-state index contributed by atoms with van der Waals surface area (Å²) in [4.78, 5) is 33.6. The number of fused-ring (bicyclic) bond motifs is 2. The molecule has 2 aliphatic rings. The van der Waals surface area contributed by atoms with Crippen molar-refractivity contribution in [2.24, 2.45) is 5.92 Å². The highest BCUT2D eigenvalue weighted by Crippen LogP contribution is 2.39. The molecule has 0 bridgehead atoms. The Kier molecular flexibility index (Phi) is 3.21. The van der Waals surface area contributed by atoms with E-state index >= 15 is 0 Å². The molecule has 2 aromatic rings. The first-order valence-electron chi connectivity index (χ1n) is 8.00. The monoisotopic (exact) mass is 297 g/mol. The van der Waals surface area contributed by atoms with Crippen molar-refractivity contribution in [1.82, 2.24) is 14.9 Å². The van der Waals surface area contributed by atoms with Crippen LogP contribution < -0.4 is 5.56 Å². The molecule has 1 amide bonds. The van der Waals surface area contributed by atoms with Gasteiger partial charge in [-0.3, -0.25) is 9.59 Å². The summed E-state index contributed by atoms with van der Waals surface area (Å²) in [5.74, 6) is 1.53. The van der Waals surface area contributed by atoms with E-state index < -0.39 is 0 Å². The lowest BCUT2D eigenvalue weighted by molar-refractivity contribution is -0.142. The standard InChI is InChI=1S/C17H19N3O2/c21-16(20-10-11-4-3-7-14(11)20)9-8-15-18-13-6-2-1-5-12(13)17(22)19-15/h1-2,5-6,11,14H,3-4,7-10H2,(H,18,19,22). The summed E-state index contributed by atoms with van der Waals surface area (Å²) in [6.07, 6.45) is 4.59. The number of carbonyl (C=O) groups excluding carboxylic acids is 1. The topological polar surface area (TPSA) is 66.1 Å². The first-order chi connectivity index (χ1) is 10.7. The number of aryl methyl sites for hydroxylation is 1. The third-order valence-corrected chi connectivity index (χ3v) is 5.01. The van der Waals surface area contributed by atoms with Crippen molar-refractivity contribution < 1.29 is 4.79 Å². The summed E-state index contributed by atoms with van der Waals surface area (Å²) < 4.78 is 0. The van der Waals surface area contributed by atoms with Crippen LogP contribution in [0.25, 0.3) is 10.9 Å². The Hall–Kier alpha value is -2.17. The maximum atomic E-state index is 12.3. The Labute approximate surface area is 128 Å². The number of carbonyl (C=O) groups is 1. The normalized spacial score (nSPS) is 23.4. The van der Waals surface area contributed by atoms with Crippen LogP contribution in [0.1, 0.15) is 31.5 Å². The van der Waals surface area contributed by atoms with Gasteiger partial charge >= 0.3 is 0 Å². The number of H-pyrrole nitrogens is 1. The molecule has 2 heterocycles. The van der Waals surface area contributed by atoms with Crippen molar-refractivity contribution >= 4 is 16.8 Å². The molecule has 1 aliphatic heterocycles. The number of hydrogen-bond donors (Lipinski definition) is 1. The summed E-state index contributed by atoms with van der Waals surface area (Å²) in [7, 11) is 0. The van der Waals surface area contributed by atoms with E-state index in [1.807, 2.05) is 23.1 Å². The fourth-order valence-electron chi connectivity index (χ4n) is 3.80. The van der Waals surface area contributed by atoms with Crippen molar-refractivity contribution in [3.8, 4) is 0 Å². The van der Waals surface area contributed by atoms with E-state index in [1.54, 1.807) is 6.07 Å². The molecule has 5 nitrogen and oxygen atoms in total. The van der Waals surface area contributed by atoms with E-state index in [-0.39, 0.29) is 11.5 Å². The van der Waals surface area contributed by atoms with Gasteiger partial charge in [-0.1, -0.05) is 18.6 Å². The van der Waals surface area contributed by atoms with E-state index in [1.165, 1.54) is 12.8 Å². The van der Waals surface area contributed by atoms with Gasteiger partial charge in [0.05, 0.1) is 10.9 Å². The largest absolute Gasteiger partial charge is 0.339 e. The summed E-state index contributed by atoms with van der Waals surface area (Å²) >= 11 is 0. The fraction of sp³-hybridized carbons (Fsp3) is 0.471. The van der Waals surface area contributed by atoms with E-state index in [9.17, 15) is 9.59 Å². The van der Waals surface area contributed by atoms with Crippen LogP contribution in [-0.2, 0) is 11.2 Å². The molecular formula is C17H19N3O2. The summed E-state index contributed by atoms with van der Waals surface area (Å²) in [6.45, 7) is 0.922. The Morgan fingerprint density at radius 1 is 1.32 bits per heavy atom. The number of nitrogens with zero attached hydrogens (tertiary/aromatic N) is 2. The molecule has 1 aromatic carbocycles. The molecule has 4 rings (SSSR count). The van der Waals surface area contributed by atoms with E-state index in [4.69, 9.17) is 0 Å². The number of likely N-dealkylation sites (tertiary alicyclic amines) is 1. The molecule has 2 unspecified atom stereocenters. The highest BCUT2D eigenvalue weighted by Gasteiger charge is 2.43. The Balaban J connectivity index is 1.45. The van der Waals surface area contributed by atoms with Crippen LogP contribution in [0, 0.1) is 5.92 Å². The minimum absolute atomic E-state index is 0.132. The van der Waals surface area contributed by atoms with E-state index in [0.717, 1.165) is 18.9 Å². The molecule has 1 aromatic heterocycles.